The average molecular weight is 300 g/mol. The van der Waals surface area contributed by atoms with Gasteiger partial charge in [-0.25, -0.2) is 9.18 Å². The molecule has 0 aliphatic rings. The quantitative estimate of drug-likeness (QED) is 0.506. The number of aliphatic carboxylic acids is 1. The summed E-state index contributed by atoms with van der Waals surface area (Å²) in [5, 5.41) is 8.57. The van der Waals surface area contributed by atoms with Crippen LogP contribution in [0.15, 0.2) is 48.5 Å². The van der Waals surface area contributed by atoms with Crippen molar-refractivity contribution in [3.8, 4) is 0 Å². The van der Waals surface area contributed by atoms with Crippen molar-refractivity contribution in [1.82, 2.24) is 0 Å². The number of carboxylic acids is 1. The monoisotopic (exact) mass is 300 g/mol. The molecule has 0 saturated carbocycles. The molecule has 0 amide bonds. The third-order valence-electron chi connectivity index (χ3n) is 3.19. The highest BCUT2D eigenvalue weighted by molar-refractivity contribution is 6.37. The van der Waals surface area contributed by atoms with Gasteiger partial charge >= 0.3 is 5.97 Å². The van der Waals surface area contributed by atoms with E-state index in [-0.39, 0.29) is 5.82 Å². The first-order valence-corrected chi connectivity index (χ1v) is 6.59. The Hall–Kier alpha value is -2.82. The van der Waals surface area contributed by atoms with Crippen LogP contribution < -0.4 is 0 Å². The molecule has 0 spiro atoms. The molecule has 0 saturated heterocycles. The standard InChI is InChI=1S/C17H13FO4/c18-13-7-5-11(6-8-13)9-12-3-1-2-4-14(12)15(19)10-16(20)17(21)22/h1-8H,9-10H2,(H,21,22). The minimum Gasteiger partial charge on any atom is -0.475 e. The molecule has 2 rings (SSSR count). The Labute approximate surface area is 126 Å². The van der Waals surface area contributed by atoms with Crippen LogP contribution in [0.2, 0.25) is 0 Å². The zero-order valence-electron chi connectivity index (χ0n) is 11.6. The van der Waals surface area contributed by atoms with Gasteiger partial charge < -0.3 is 5.11 Å². The molecule has 0 unspecified atom stereocenters. The summed E-state index contributed by atoms with van der Waals surface area (Å²) in [4.78, 5) is 33.8. The third-order valence-corrected chi connectivity index (χ3v) is 3.19. The summed E-state index contributed by atoms with van der Waals surface area (Å²) in [6.07, 6.45) is -0.279. The smallest absolute Gasteiger partial charge is 0.372 e. The predicted molar refractivity (Wildman–Crippen MR) is 77.2 cm³/mol. The largest absolute Gasteiger partial charge is 0.475 e. The fraction of sp³-hybridized carbons (Fsp3) is 0.118. The van der Waals surface area contributed by atoms with E-state index in [1.54, 1.807) is 36.4 Å². The third kappa shape index (κ3) is 3.85. The molecule has 0 aliphatic heterocycles. The first kappa shape index (κ1) is 15.6. The number of hydrogen-bond donors (Lipinski definition) is 1. The summed E-state index contributed by atoms with van der Waals surface area (Å²) in [5.74, 6) is -3.64. The fourth-order valence-corrected chi connectivity index (χ4v) is 2.09. The van der Waals surface area contributed by atoms with E-state index in [0.717, 1.165) is 5.56 Å². The lowest BCUT2D eigenvalue weighted by atomic mass is 9.95. The van der Waals surface area contributed by atoms with Crippen LogP contribution in [0.1, 0.15) is 27.9 Å². The second-order valence-corrected chi connectivity index (χ2v) is 4.79. The molecule has 0 aromatic heterocycles. The second-order valence-electron chi connectivity index (χ2n) is 4.79. The number of carboxylic acid groups (broad SMARTS) is 1. The summed E-state index contributed by atoms with van der Waals surface area (Å²) in [7, 11) is 0. The van der Waals surface area contributed by atoms with E-state index in [0.29, 0.717) is 17.5 Å². The molecule has 1 N–H and O–H groups in total. The van der Waals surface area contributed by atoms with Crippen molar-refractivity contribution >= 4 is 17.5 Å². The maximum absolute atomic E-state index is 12.9. The van der Waals surface area contributed by atoms with Crippen LogP contribution in [0.4, 0.5) is 4.39 Å². The highest BCUT2D eigenvalue weighted by atomic mass is 19.1. The Morgan fingerprint density at radius 1 is 0.955 bits per heavy atom. The van der Waals surface area contributed by atoms with Gasteiger partial charge in [0.25, 0.3) is 0 Å². The number of carbonyl (C=O) groups is 3. The van der Waals surface area contributed by atoms with E-state index in [9.17, 15) is 18.8 Å². The van der Waals surface area contributed by atoms with E-state index in [1.165, 1.54) is 12.1 Å². The molecule has 5 heteroatoms. The van der Waals surface area contributed by atoms with Gasteiger partial charge in [0.1, 0.15) is 5.82 Å². The van der Waals surface area contributed by atoms with Crippen LogP contribution in [0.25, 0.3) is 0 Å². The van der Waals surface area contributed by atoms with E-state index in [4.69, 9.17) is 5.11 Å². The normalized spacial score (nSPS) is 10.2. The summed E-state index contributed by atoms with van der Waals surface area (Å²) in [5.41, 5.74) is 1.78. The van der Waals surface area contributed by atoms with Crippen LogP contribution in [0, 0.1) is 5.82 Å². The molecule has 0 heterocycles. The molecule has 2 aromatic rings. The molecular formula is C17H13FO4. The summed E-state index contributed by atoms with van der Waals surface area (Å²) in [6, 6.07) is 12.5. The summed E-state index contributed by atoms with van der Waals surface area (Å²) >= 11 is 0. The Bertz CT molecular complexity index is 720. The van der Waals surface area contributed by atoms with Gasteiger partial charge in [0.05, 0.1) is 6.42 Å². The zero-order valence-corrected chi connectivity index (χ0v) is 11.6. The van der Waals surface area contributed by atoms with Crippen LogP contribution in [-0.2, 0) is 16.0 Å². The predicted octanol–water partition coefficient (Wildman–Crippen LogP) is 2.64. The highest BCUT2D eigenvalue weighted by Gasteiger charge is 2.19. The zero-order chi connectivity index (χ0) is 16.1. The van der Waals surface area contributed by atoms with E-state index in [1.807, 2.05) is 0 Å². The topological polar surface area (TPSA) is 71.4 Å². The Morgan fingerprint density at radius 2 is 1.59 bits per heavy atom. The van der Waals surface area contributed by atoms with Crippen molar-refractivity contribution in [1.29, 1.82) is 0 Å². The van der Waals surface area contributed by atoms with Crippen LogP contribution in [0.3, 0.4) is 0 Å². The lowest BCUT2D eigenvalue weighted by molar-refractivity contribution is -0.148. The number of halogens is 1. The van der Waals surface area contributed by atoms with Crippen molar-refractivity contribution < 1.29 is 23.9 Å². The SMILES string of the molecule is O=C(O)C(=O)CC(=O)c1ccccc1Cc1ccc(F)cc1. The minimum absolute atomic E-state index is 0.307. The maximum Gasteiger partial charge on any atom is 0.372 e. The molecule has 22 heavy (non-hydrogen) atoms. The van der Waals surface area contributed by atoms with Crippen molar-refractivity contribution in [2.45, 2.75) is 12.8 Å². The molecule has 0 radical (unpaired) electrons. The fourth-order valence-electron chi connectivity index (χ4n) is 2.09. The van der Waals surface area contributed by atoms with Crippen LogP contribution >= 0.6 is 0 Å². The summed E-state index contributed by atoms with van der Waals surface area (Å²) in [6.45, 7) is 0. The number of hydrogen-bond acceptors (Lipinski definition) is 3. The lowest BCUT2D eigenvalue weighted by Gasteiger charge is -2.08. The molecule has 0 bridgehead atoms. The number of Topliss-reactive ketones (excluding diaryl/α,β-unsaturated/α-hetero) is 2. The number of rotatable bonds is 6. The first-order chi connectivity index (χ1) is 10.5. The van der Waals surface area contributed by atoms with Crippen molar-refractivity contribution in [3.63, 3.8) is 0 Å². The number of ketones is 2. The number of benzene rings is 2. The van der Waals surface area contributed by atoms with Gasteiger partial charge in [-0.2, -0.15) is 0 Å². The van der Waals surface area contributed by atoms with Crippen LogP contribution in [-0.4, -0.2) is 22.6 Å². The maximum atomic E-state index is 12.9. The van der Waals surface area contributed by atoms with E-state index in [2.05, 4.69) is 0 Å². The van der Waals surface area contributed by atoms with Gasteiger partial charge in [-0.05, 0) is 29.7 Å². The Morgan fingerprint density at radius 3 is 2.23 bits per heavy atom. The van der Waals surface area contributed by atoms with Gasteiger partial charge in [0.2, 0.25) is 5.78 Å². The minimum atomic E-state index is -1.62. The molecule has 0 fully saturated rings. The van der Waals surface area contributed by atoms with Gasteiger partial charge in [-0.3, -0.25) is 9.59 Å². The molecule has 0 aliphatic carbocycles. The average Bonchev–Trinajstić information content (AvgIpc) is 2.50. The van der Waals surface area contributed by atoms with Gasteiger partial charge in [-0.1, -0.05) is 36.4 Å². The van der Waals surface area contributed by atoms with Gasteiger partial charge in [-0.15, -0.1) is 0 Å². The first-order valence-electron chi connectivity index (χ1n) is 6.59. The van der Waals surface area contributed by atoms with Crippen molar-refractivity contribution in [2.24, 2.45) is 0 Å². The highest BCUT2D eigenvalue weighted by Crippen LogP contribution is 2.17. The van der Waals surface area contributed by atoms with Crippen molar-refractivity contribution in [3.05, 3.63) is 71.0 Å². The van der Waals surface area contributed by atoms with Crippen LogP contribution in [0.5, 0.6) is 0 Å². The summed E-state index contributed by atoms with van der Waals surface area (Å²) < 4.78 is 12.9. The Balaban J connectivity index is 2.23. The molecule has 112 valence electrons. The molecule has 0 atom stereocenters. The molecule has 4 nitrogen and oxygen atoms in total. The van der Waals surface area contributed by atoms with Gasteiger partial charge in [0.15, 0.2) is 5.78 Å². The van der Waals surface area contributed by atoms with E-state index >= 15 is 0 Å². The number of carbonyl (C=O) groups excluding carboxylic acids is 2. The van der Waals surface area contributed by atoms with Crippen molar-refractivity contribution in [2.75, 3.05) is 0 Å². The second kappa shape index (κ2) is 6.76. The Kier molecular flexibility index (Phi) is 4.78. The van der Waals surface area contributed by atoms with Gasteiger partial charge in [0, 0.05) is 5.56 Å². The van der Waals surface area contributed by atoms with E-state index < -0.39 is 24.0 Å². The molecular weight excluding hydrogens is 287 g/mol. The molecule has 2 aromatic carbocycles. The lowest BCUT2D eigenvalue weighted by Crippen LogP contribution is -2.18.